The molecule has 6 heteroatoms. The Morgan fingerprint density at radius 3 is 2.48 bits per heavy atom. The molecule has 1 aromatic heterocycles. The molecule has 6 nitrogen and oxygen atoms in total. The number of ether oxygens (including phenoxy) is 2. The lowest BCUT2D eigenvalue weighted by Gasteiger charge is -2.11. The number of anilines is 2. The maximum absolute atomic E-state index is 12.1. The summed E-state index contributed by atoms with van der Waals surface area (Å²) in [7, 11) is 3.19. The van der Waals surface area contributed by atoms with E-state index in [1.54, 1.807) is 20.4 Å². The van der Waals surface area contributed by atoms with Crippen LogP contribution in [-0.2, 0) is 11.2 Å². The SMILES string of the molecule is COc1ccc(CCC(=O)Nc2ccc(NC(C)C)nc2)cc1OC. The predicted molar refractivity (Wildman–Crippen MR) is 99.5 cm³/mol. The first kappa shape index (κ1) is 18.6. The van der Waals surface area contributed by atoms with E-state index in [0.717, 1.165) is 11.4 Å². The van der Waals surface area contributed by atoms with Crippen LogP contribution in [-0.4, -0.2) is 31.2 Å². The average Bonchev–Trinajstić information content (AvgIpc) is 2.61. The van der Waals surface area contributed by atoms with Gasteiger partial charge in [-0.25, -0.2) is 4.98 Å². The van der Waals surface area contributed by atoms with Crippen LogP contribution >= 0.6 is 0 Å². The van der Waals surface area contributed by atoms with Gasteiger partial charge in [0.1, 0.15) is 5.82 Å². The molecule has 2 N–H and O–H groups in total. The highest BCUT2D eigenvalue weighted by atomic mass is 16.5. The molecule has 0 saturated heterocycles. The number of rotatable bonds is 8. The number of hydrogen-bond donors (Lipinski definition) is 2. The van der Waals surface area contributed by atoms with Crippen molar-refractivity contribution in [1.29, 1.82) is 0 Å². The maximum Gasteiger partial charge on any atom is 0.224 e. The summed E-state index contributed by atoms with van der Waals surface area (Å²) in [5, 5.41) is 6.06. The lowest BCUT2D eigenvalue weighted by molar-refractivity contribution is -0.116. The summed E-state index contributed by atoms with van der Waals surface area (Å²) < 4.78 is 10.5. The molecule has 0 unspecified atom stereocenters. The molecule has 0 radical (unpaired) electrons. The van der Waals surface area contributed by atoms with E-state index < -0.39 is 0 Å². The molecule has 134 valence electrons. The van der Waals surface area contributed by atoms with Gasteiger partial charge in [-0.1, -0.05) is 6.07 Å². The topological polar surface area (TPSA) is 72.5 Å². The van der Waals surface area contributed by atoms with E-state index in [9.17, 15) is 4.79 Å². The van der Waals surface area contributed by atoms with E-state index in [-0.39, 0.29) is 5.91 Å². The highest BCUT2D eigenvalue weighted by molar-refractivity contribution is 5.90. The van der Waals surface area contributed by atoms with Gasteiger partial charge in [-0.05, 0) is 50.1 Å². The summed E-state index contributed by atoms with van der Waals surface area (Å²) in [6, 6.07) is 9.67. The average molecular weight is 343 g/mol. The fourth-order valence-corrected chi connectivity index (χ4v) is 2.37. The molecule has 25 heavy (non-hydrogen) atoms. The Labute approximate surface area is 148 Å². The van der Waals surface area contributed by atoms with Gasteiger partial charge >= 0.3 is 0 Å². The normalized spacial score (nSPS) is 10.4. The van der Waals surface area contributed by atoms with Gasteiger partial charge in [-0.2, -0.15) is 0 Å². The Bertz CT molecular complexity index is 700. The van der Waals surface area contributed by atoms with Crippen molar-refractivity contribution in [2.24, 2.45) is 0 Å². The van der Waals surface area contributed by atoms with Gasteiger partial charge in [0.25, 0.3) is 0 Å². The molecule has 2 aromatic rings. The van der Waals surface area contributed by atoms with Crippen molar-refractivity contribution in [3.63, 3.8) is 0 Å². The third kappa shape index (κ3) is 5.67. The summed E-state index contributed by atoms with van der Waals surface area (Å²) in [6.07, 6.45) is 2.65. The second kappa shape index (κ2) is 8.92. The van der Waals surface area contributed by atoms with Gasteiger partial charge < -0.3 is 20.1 Å². The second-order valence-corrected chi connectivity index (χ2v) is 5.97. The monoisotopic (exact) mass is 343 g/mol. The number of aryl methyl sites for hydroxylation is 1. The molecule has 0 fully saturated rings. The number of carbonyl (C=O) groups excluding carboxylic acids is 1. The minimum Gasteiger partial charge on any atom is -0.493 e. The fraction of sp³-hybridized carbons (Fsp3) is 0.368. The Hall–Kier alpha value is -2.76. The number of benzene rings is 1. The van der Waals surface area contributed by atoms with E-state index in [1.807, 2.05) is 44.2 Å². The van der Waals surface area contributed by atoms with Crippen molar-refractivity contribution in [2.75, 3.05) is 24.9 Å². The Balaban J connectivity index is 1.88. The highest BCUT2D eigenvalue weighted by Crippen LogP contribution is 2.28. The molecular formula is C19H25N3O3. The van der Waals surface area contributed by atoms with Crippen molar-refractivity contribution in [1.82, 2.24) is 4.98 Å². The zero-order valence-electron chi connectivity index (χ0n) is 15.1. The molecular weight excluding hydrogens is 318 g/mol. The molecule has 0 atom stereocenters. The molecule has 0 spiro atoms. The van der Waals surface area contributed by atoms with Gasteiger partial charge in [0.2, 0.25) is 5.91 Å². The Kier molecular flexibility index (Phi) is 6.62. The maximum atomic E-state index is 12.1. The largest absolute Gasteiger partial charge is 0.493 e. The molecule has 0 bridgehead atoms. The van der Waals surface area contributed by atoms with Crippen LogP contribution in [0.1, 0.15) is 25.8 Å². The molecule has 0 saturated carbocycles. The van der Waals surface area contributed by atoms with Crippen LogP contribution < -0.4 is 20.1 Å². The van der Waals surface area contributed by atoms with Gasteiger partial charge in [-0.15, -0.1) is 0 Å². The van der Waals surface area contributed by atoms with E-state index in [1.165, 1.54) is 0 Å². The molecule has 0 aliphatic carbocycles. The fourth-order valence-electron chi connectivity index (χ4n) is 2.37. The summed E-state index contributed by atoms with van der Waals surface area (Å²) in [5.41, 5.74) is 1.70. The third-order valence-corrected chi connectivity index (χ3v) is 3.57. The van der Waals surface area contributed by atoms with Crippen molar-refractivity contribution < 1.29 is 14.3 Å². The van der Waals surface area contributed by atoms with E-state index in [2.05, 4.69) is 15.6 Å². The highest BCUT2D eigenvalue weighted by Gasteiger charge is 2.08. The molecule has 2 rings (SSSR count). The second-order valence-electron chi connectivity index (χ2n) is 5.97. The zero-order valence-corrected chi connectivity index (χ0v) is 15.1. The Morgan fingerprint density at radius 2 is 1.88 bits per heavy atom. The number of pyridine rings is 1. The molecule has 0 aliphatic rings. The number of nitrogens with zero attached hydrogens (tertiary/aromatic N) is 1. The number of aromatic nitrogens is 1. The first-order chi connectivity index (χ1) is 12.0. The van der Waals surface area contributed by atoms with E-state index >= 15 is 0 Å². The van der Waals surface area contributed by atoms with Gasteiger partial charge in [0.15, 0.2) is 11.5 Å². The predicted octanol–water partition coefficient (Wildman–Crippen LogP) is 3.49. The summed E-state index contributed by atoms with van der Waals surface area (Å²) >= 11 is 0. The van der Waals surface area contributed by atoms with Crippen LogP contribution in [0.2, 0.25) is 0 Å². The van der Waals surface area contributed by atoms with Crippen molar-refractivity contribution >= 4 is 17.4 Å². The number of carbonyl (C=O) groups is 1. The van der Waals surface area contributed by atoms with Crippen LogP contribution in [0.4, 0.5) is 11.5 Å². The number of nitrogens with one attached hydrogen (secondary N) is 2. The smallest absolute Gasteiger partial charge is 0.224 e. The molecule has 0 aliphatic heterocycles. The third-order valence-electron chi connectivity index (χ3n) is 3.57. The molecule has 1 heterocycles. The van der Waals surface area contributed by atoms with Gasteiger partial charge in [0, 0.05) is 12.5 Å². The van der Waals surface area contributed by atoms with Crippen LogP contribution in [0.3, 0.4) is 0 Å². The lowest BCUT2D eigenvalue weighted by Crippen LogP contribution is -2.14. The van der Waals surface area contributed by atoms with E-state index in [0.29, 0.717) is 36.1 Å². The van der Waals surface area contributed by atoms with Crippen LogP contribution in [0.25, 0.3) is 0 Å². The number of hydrogen-bond acceptors (Lipinski definition) is 5. The summed E-state index contributed by atoms with van der Waals surface area (Å²) in [4.78, 5) is 16.4. The zero-order chi connectivity index (χ0) is 18.2. The summed E-state index contributed by atoms with van der Waals surface area (Å²) in [5.74, 6) is 2.08. The van der Waals surface area contributed by atoms with Crippen molar-refractivity contribution in [3.05, 3.63) is 42.1 Å². The quantitative estimate of drug-likeness (QED) is 0.767. The molecule has 1 aromatic carbocycles. The standard InChI is InChI=1S/C19H25N3O3/c1-13(2)21-18-9-7-15(12-20-18)22-19(23)10-6-14-5-8-16(24-3)17(11-14)25-4/h5,7-9,11-13H,6,10H2,1-4H3,(H,20,21)(H,22,23). The van der Waals surface area contributed by atoms with Crippen LogP contribution in [0, 0.1) is 0 Å². The van der Waals surface area contributed by atoms with Crippen molar-refractivity contribution in [3.8, 4) is 11.5 Å². The first-order valence-corrected chi connectivity index (χ1v) is 8.25. The van der Waals surface area contributed by atoms with Crippen LogP contribution in [0.5, 0.6) is 11.5 Å². The number of methoxy groups -OCH3 is 2. The molecule has 1 amide bonds. The van der Waals surface area contributed by atoms with Gasteiger partial charge in [-0.3, -0.25) is 4.79 Å². The van der Waals surface area contributed by atoms with Crippen molar-refractivity contribution in [2.45, 2.75) is 32.7 Å². The Morgan fingerprint density at radius 1 is 1.12 bits per heavy atom. The number of amides is 1. The van der Waals surface area contributed by atoms with Crippen LogP contribution in [0.15, 0.2) is 36.5 Å². The first-order valence-electron chi connectivity index (χ1n) is 8.25. The minimum absolute atomic E-state index is 0.0545. The van der Waals surface area contributed by atoms with E-state index in [4.69, 9.17) is 9.47 Å². The van der Waals surface area contributed by atoms with Gasteiger partial charge in [0.05, 0.1) is 26.1 Å². The lowest BCUT2D eigenvalue weighted by atomic mass is 10.1. The summed E-state index contributed by atoms with van der Waals surface area (Å²) in [6.45, 7) is 4.09. The minimum atomic E-state index is -0.0545.